The van der Waals surface area contributed by atoms with Gasteiger partial charge in [0.1, 0.15) is 0 Å². The lowest BCUT2D eigenvalue weighted by atomic mass is 10.1. The second-order valence-electron chi connectivity index (χ2n) is 5.25. The lowest BCUT2D eigenvalue weighted by Gasteiger charge is -2.33. The van der Waals surface area contributed by atoms with Crippen LogP contribution < -0.4 is 0 Å². The Bertz CT molecular complexity index is 404. The van der Waals surface area contributed by atoms with Gasteiger partial charge in [-0.3, -0.25) is 13.8 Å². The van der Waals surface area contributed by atoms with E-state index in [4.69, 9.17) is 9.05 Å². The van der Waals surface area contributed by atoms with Gasteiger partial charge in [0, 0.05) is 0 Å². The van der Waals surface area contributed by atoms with Gasteiger partial charge in [0.15, 0.2) is 0 Å². The second kappa shape index (κ2) is 4.80. The average molecular weight is 273 g/mol. The molecule has 2 rings (SSSR count). The smallest absolute Gasteiger partial charge is 0.289 e. The van der Waals surface area contributed by atoms with Crippen LogP contribution in [0, 0.1) is 5.92 Å². The Balaban J connectivity index is 2.27. The van der Waals surface area contributed by atoms with Crippen LogP contribution >= 0.6 is 7.75 Å². The molecule has 2 unspecified atom stereocenters. The van der Waals surface area contributed by atoms with E-state index in [9.17, 15) is 9.36 Å². The van der Waals surface area contributed by atoms with E-state index >= 15 is 0 Å². The fourth-order valence-electron chi connectivity index (χ4n) is 2.34. The van der Waals surface area contributed by atoms with E-state index in [1.165, 1.54) is 4.67 Å². The summed E-state index contributed by atoms with van der Waals surface area (Å²) in [5.41, 5.74) is 0. The zero-order valence-electron chi connectivity index (χ0n) is 11.2. The van der Waals surface area contributed by atoms with Crippen LogP contribution in [-0.4, -0.2) is 28.8 Å². The van der Waals surface area contributed by atoms with Gasteiger partial charge in [-0.2, -0.15) is 0 Å². The van der Waals surface area contributed by atoms with Gasteiger partial charge in [-0.1, -0.05) is 12.2 Å². The van der Waals surface area contributed by atoms with Crippen LogP contribution in [0.4, 0.5) is 0 Å². The molecule has 1 aliphatic carbocycles. The second-order valence-corrected chi connectivity index (χ2v) is 7.04. The molecule has 0 N–H and O–H groups in total. The minimum Gasteiger partial charge on any atom is -0.289 e. The predicted octanol–water partition coefficient (Wildman–Crippen LogP) is 2.73. The predicted molar refractivity (Wildman–Crippen MR) is 67.9 cm³/mol. The molecule has 18 heavy (non-hydrogen) atoms. The summed E-state index contributed by atoms with van der Waals surface area (Å²) in [6.07, 6.45) is 3.95. The molecule has 1 amide bonds. The molecule has 5 nitrogen and oxygen atoms in total. The number of nitrogens with zero attached hydrogens (tertiary/aromatic N) is 1. The lowest BCUT2D eigenvalue weighted by molar-refractivity contribution is -0.128. The largest absolute Gasteiger partial charge is 0.438 e. The number of carbonyl (C=O) groups excluding carboxylic acids is 1. The third-order valence-electron chi connectivity index (χ3n) is 2.87. The maximum Gasteiger partial charge on any atom is 0.438 e. The summed E-state index contributed by atoms with van der Waals surface area (Å²) in [4.78, 5) is 12.1. The van der Waals surface area contributed by atoms with Crippen LogP contribution in [0.15, 0.2) is 12.2 Å². The van der Waals surface area contributed by atoms with Crippen molar-refractivity contribution in [2.45, 2.75) is 52.4 Å². The number of amides is 1. The Morgan fingerprint density at radius 1 is 1.22 bits per heavy atom. The minimum atomic E-state index is -3.55. The van der Waals surface area contributed by atoms with Gasteiger partial charge in [-0.05, 0) is 34.1 Å². The Kier molecular flexibility index (Phi) is 3.67. The zero-order valence-corrected chi connectivity index (χ0v) is 12.1. The van der Waals surface area contributed by atoms with Crippen LogP contribution in [0.5, 0.6) is 0 Å². The molecule has 2 atom stereocenters. The molecule has 1 aliphatic heterocycles. The van der Waals surface area contributed by atoms with Gasteiger partial charge in [0.2, 0.25) is 5.91 Å². The molecule has 0 aromatic carbocycles. The SMILES string of the molecule is CC(C)OP(=O)(OC(C)C)N1C(=O)C2C=CC1C2. The Hall–Kier alpha value is -0.640. The summed E-state index contributed by atoms with van der Waals surface area (Å²) in [5, 5.41) is 0. The van der Waals surface area contributed by atoms with Crippen LogP contribution in [0.25, 0.3) is 0 Å². The summed E-state index contributed by atoms with van der Waals surface area (Å²) < 4.78 is 25.1. The molecule has 1 heterocycles. The van der Waals surface area contributed by atoms with E-state index in [1.54, 1.807) is 27.7 Å². The Morgan fingerprint density at radius 3 is 2.17 bits per heavy atom. The fraction of sp³-hybridized carbons (Fsp3) is 0.750. The molecule has 1 saturated heterocycles. The number of fused-ring (bicyclic) bond motifs is 2. The average Bonchev–Trinajstić information content (AvgIpc) is 2.73. The molecular formula is C12H20NO4P. The highest BCUT2D eigenvalue weighted by Crippen LogP contribution is 2.59. The van der Waals surface area contributed by atoms with E-state index in [2.05, 4.69) is 0 Å². The Morgan fingerprint density at radius 2 is 1.78 bits per heavy atom. The fourth-order valence-corrected chi connectivity index (χ4v) is 4.58. The van der Waals surface area contributed by atoms with Crippen molar-refractivity contribution < 1.29 is 18.4 Å². The molecule has 2 aliphatic rings. The number of carbonyl (C=O) groups is 1. The van der Waals surface area contributed by atoms with Crippen molar-refractivity contribution >= 4 is 13.7 Å². The molecule has 0 aromatic rings. The first kappa shape index (κ1) is 13.8. The van der Waals surface area contributed by atoms with Crippen LogP contribution in [-0.2, 0) is 18.4 Å². The summed E-state index contributed by atoms with van der Waals surface area (Å²) in [6, 6.07) is -0.147. The van der Waals surface area contributed by atoms with E-state index in [0.29, 0.717) is 6.42 Å². The first-order valence-corrected chi connectivity index (χ1v) is 7.82. The van der Waals surface area contributed by atoms with Crippen LogP contribution in [0.3, 0.4) is 0 Å². The third-order valence-corrected chi connectivity index (χ3v) is 5.27. The first-order valence-electron chi connectivity index (χ1n) is 6.32. The van der Waals surface area contributed by atoms with E-state index < -0.39 is 7.75 Å². The summed E-state index contributed by atoms with van der Waals surface area (Å²) in [5.74, 6) is -0.304. The molecule has 1 fully saturated rings. The quantitative estimate of drug-likeness (QED) is 0.571. The van der Waals surface area contributed by atoms with Gasteiger partial charge in [0.25, 0.3) is 0 Å². The van der Waals surface area contributed by atoms with Crippen molar-refractivity contribution in [3.8, 4) is 0 Å². The van der Waals surface area contributed by atoms with Gasteiger partial charge < -0.3 is 0 Å². The van der Waals surface area contributed by atoms with E-state index in [1.807, 2.05) is 12.2 Å². The zero-order chi connectivity index (χ0) is 13.5. The topological polar surface area (TPSA) is 55.8 Å². The van der Waals surface area contributed by atoms with Crippen molar-refractivity contribution in [1.29, 1.82) is 0 Å². The monoisotopic (exact) mass is 273 g/mol. The summed E-state index contributed by atoms with van der Waals surface area (Å²) >= 11 is 0. The maximum atomic E-state index is 12.9. The van der Waals surface area contributed by atoms with Crippen LogP contribution in [0.2, 0.25) is 0 Å². The highest BCUT2D eigenvalue weighted by molar-refractivity contribution is 7.52. The molecule has 0 radical (unpaired) electrons. The molecule has 0 aromatic heterocycles. The molecule has 2 bridgehead atoms. The van der Waals surface area contributed by atoms with Crippen LogP contribution in [0.1, 0.15) is 34.1 Å². The Labute approximate surface area is 108 Å². The third kappa shape index (κ3) is 2.40. The van der Waals surface area contributed by atoms with Crippen molar-refractivity contribution in [1.82, 2.24) is 4.67 Å². The number of hydrogen-bond donors (Lipinski definition) is 0. The summed E-state index contributed by atoms with van der Waals surface area (Å²) in [7, 11) is -3.55. The van der Waals surface area contributed by atoms with E-state index in [0.717, 1.165) is 0 Å². The highest BCUT2D eigenvalue weighted by Gasteiger charge is 2.52. The van der Waals surface area contributed by atoms with Gasteiger partial charge >= 0.3 is 7.75 Å². The van der Waals surface area contributed by atoms with Crippen molar-refractivity contribution in [3.05, 3.63) is 12.2 Å². The van der Waals surface area contributed by atoms with Crippen molar-refractivity contribution in [3.63, 3.8) is 0 Å². The normalized spacial score (nSPS) is 27.0. The lowest BCUT2D eigenvalue weighted by Crippen LogP contribution is -2.34. The molecule has 6 heteroatoms. The maximum absolute atomic E-state index is 12.9. The summed E-state index contributed by atoms with van der Waals surface area (Å²) in [6.45, 7) is 7.13. The minimum absolute atomic E-state index is 0.146. The molecule has 0 spiro atoms. The van der Waals surface area contributed by atoms with E-state index in [-0.39, 0.29) is 30.1 Å². The van der Waals surface area contributed by atoms with Gasteiger partial charge in [-0.15, -0.1) is 0 Å². The standard InChI is InChI=1S/C12H20NO4P/c1-8(2)16-18(15,17-9(3)4)13-11-6-5-10(7-11)12(13)14/h5-6,8-11H,7H2,1-4H3. The first-order chi connectivity index (χ1) is 8.33. The molecule has 102 valence electrons. The van der Waals surface area contributed by atoms with Gasteiger partial charge in [-0.25, -0.2) is 9.24 Å². The molecule has 0 saturated carbocycles. The number of rotatable bonds is 5. The van der Waals surface area contributed by atoms with Crippen molar-refractivity contribution in [2.24, 2.45) is 5.92 Å². The number of hydrogen-bond acceptors (Lipinski definition) is 4. The van der Waals surface area contributed by atoms with Crippen molar-refractivity contribution in [2.75, 3.05) is 0 Å². The highest BCUT2D eigenvalue weighted by atomic mass is 31.2. The van der Waals surface area contributed by atoms with Gasteiger partial charge in [0.05, 0.1) is 24.2 Å². The molecular weight excluding hydrogens is 253 g/mol.